The molecule has 0 aliphatic rings. The number of rotatable bonds is 6. The van der Waals surface area contributed by atoms with Crippen LogP contribution in [0.15, 0.2) is 24.3 Å². The fraction of sp³-hybridized carbons (Fsp3) is 0.462. The van der Waals surface area contributed by atoms with Crippen LogP contribution in [0.3, 0.4) is 0 Å². The summed E-state index contributed by atoms with van der Waals surface area (Å²) in [6, 6.07) is 1.37. The lowest BCUT2D eigenvalue weighted by Crippen LogP contribution is -2.09. The van der Waals surface area contributed by atoms with Crippen molar-refractivity contribution < 1.29 is 24.2 Å². The van der Waals surface area contributed by atoms with Gasteiger partial charge < -0.3 is 14.6 Å². The van der Waals surface area contributed by atoms with Gasteiger partial charge in [0.15, 0.2) is 0 Å². The fourth-order valence-corrected chi connectivity index (χ4v) is 0.712. The third-order valence-corrected chi connectivity index (χ3v) is 1.72. The molecular weight excluding hydrogens is 250 g/mol. The molecule has 0 spiro atoms. The molecule has 0 heterocycles. The average molecular weight is 269 g/mol. The van der Waals surface area contributed by atoms with Crippen LogP contribution in [0.25, 0.3) is 0 Å². The van der Waals surface area contributed by atoms with E-state index >= 15 is 0 Å². The molecule has 0 saturated carbocycles. The molecule has 0 aliphatic carbocycles. The zero-order chi connectivity index (χ0) is 15.4. The van der Waals surface area contributed by atoms with Gasteiger partial charge in [-0.3, -0.25) is 0 Å². The molecule has 6 heteroatoms. The number of hydrogen-bond acceptors (Lipinski definition) is 5. The highest BCUT2D eigenvalue weighted by molar-refractivity contribution is 5.90. The Bertz CT molecular complexity index is 379. The van der Waals surface area contributed by atoms with Gasteiger partial charge in [0.2, 0.25) is 0 Å². The maximum Gasteiger partial charge on any atom is 0.345 e. The third-order valence-electron chi connectivity index (χ3n) is 1.72. The van der Waals surface area contributed by atoms with Crippen molar-refractivity contribution >= 4 is 11.9 Å². The summed E-state index contributed by atoms with van der Waals surface area (Å²) in [4.78, 5) is 20.4. The van der Waals surface area contributed by atoms with Crippen molar-refractivity contribution in [1.29, 1.82) is 5.26 Å². The number of esters is 1. The van der Waals surface area contributed by atoms with Crippen LogP contribution in [0.2, 0.25) is 0 Å². The monoisotopic (exact) mass is 269 g/mol. The van der Waals surface area contributed by atoms with Gasteiger partial charge in [-0.05, 0) is 13.8 Å². The van der Waals surface area contributed by atoms with Crippen LogP contribution in [0.1, 0.15) is 20.3 Å². The smallest absolute Gasteiger partial charge is 0.345 e. The van der Waals surface area contributed by atoms with Crippen molar-refractivity contribution in [3.05, 3.63) is 24.3 Å². The minimum Gasteiger partial charge on any atom is -0.477 e. The van der Waals surface area contributed by atoms with Crippen molar-refractivity contribution in [1.82, 2.24) is 0 Å². The third kappa shape index (κ3) is 12.1. The van der Waals surface area contributed by atoms with E-state index in [9.17, 15) is 9.59 Å². The number of nitriles is 1. The number of carbonyl (C=O) groups excluding carboxylic acids is 1. The highest BCUT2D eigenvalue weighted by Gasteiger charge is 2.05. The number of carbonyl (C=O) groups is 2. The molecule has 0 amide bonds. The molecule has 19 heavy (non-hydrogen) atoms. The van der Waals surface area contributed by atoms with E-state index in [0.717, 1.165) is 0 Å². The first-order valence-electron chi connectivity index (χ1n) is 5.46. The van der Waals surface area contributed by atoms with E-state index < -0.39 is 11.5 Å². The number of carboxylic acid groups (broad SMARTS) is 1. The van der Waals surface area contributed by atoms with E-state index in [-0.39, 0.29) is 12.1 Å². The molecule has 0 saturated heterocycles. The lowest BCUT2D eigenvalue weighted by atomic mass is 10.2. The Balaban J connectivity index is 0. The molecule has 0 fully saturated rings. The van der Waals surface area contributed by atoms with E-state index in [1.165, 1.54) is 13.2 Å². The number of hydrogen-bond donors (Lipinski definition) is 1. The highest BCUT2D eigenvalue weighted by atomic mass is 16.5. The number of nitrogens with zero attached hydrogens (tertiary/aromatic N) is 1. The Hall–Kier alpha value is -2.13. The minimum absolute atomic E-state index is 0.190. The van der Waals surface area contributed by atoms with Gasteiger partial charge in [-0.2, -0.15) is 5.26 Å². The van der Waals surface area contributed by atoms with Crippen LogP contribution in [-0.4, -0.2) is 36.9 Å². The van der Waals surface area contributed by atoms with Crippen LogP contribution in [-0.2, 0) is 19.1 Å². The average Bonchev–Trinajstić information content (AvgIpc) is 2.36. The van der Waals surface area contributed by atoms with Crippen molar-refractivity contribution in [3.63, 3.8) is 0 Å². The molecular formula is C13H19NO5. The zero-order valence-electron chi connectivity index (χ0n) is 11.4. The molecule has 0 atom stereocenters. The Morgan fingerprint density at radius 3 is 2.16 bits per heavy atom. The van der Waals surface area contributed by atoms with Gasteiger partial charge in [-0.25, -0.2) is 9.59 Å². The quantitative estimate of drug-likeness (QED) is 0.447. The second kappa shape index (κ2) is 11.0. The van der Waals surface area contributed by atoms with Crippen LogP contribution in [0, 0.1) is 11.3 Å². The zero-order valence-corrected chi connectivity index (χ0v) is 11.4. The van der Waals surface area contributed by atoms with Crippen molar-refractivity contribution in [3.8, 4) is 6.07 Å². The highest BCUT2D eigenvalue weighted by Crippen LogP contribution is 2.01. The molecule has 1 N–H and O–H groups in total. The number of ether oxygens (including phenoxy) is 2. The lowest BCUT2D eigenvalue weighted by Gasteiger charge is -2.07. The van der Waals surface area contributed by atoms with Crippen molar-refractivity contribution in [2.75, 3.05) is 13.7 Å². The van der Waals surface area contributed by atoms with Gasteiger partial charge in [0.1, 0.15) is 11.6 Å². The largest absolute Gasteiger partial charge is 0.477 e. The molecule has 0 aliphatic heterocycles. The minimum atomic E-state index is -1.26. The molecule has 0 unspecified atom stereocenters. The van der Waals surface area contributed by atoms with Gasteiger partial charge in [0, 0.05) is 12.0 Å². The summed E-state index contributed by atoms with van der Waals surface area (Å²) in [6.07, 6.45) is 0.723. The van der Waals surface area contributed by atoms with E-state index in [1.807, 2.05) is 13.8 Å². The number of aliphatic carboxylic acids is 1. The standard InChI is InChI=1S/C9H16O3.C4H3NO2/c1-7(2)12-6-5-8(3)9(10)11-4;1-3(2-5)4(6)7/h7H,3,5-6H2,1-2,4H3;1H2,(H,6,7). The molecule has 0 aromatic heterocycles. The lowest BCUT2D eigenvalue weighted by molar-refractivity contribution is -0.136. The Morgan fingerprint density at radius 2 is 1.89 bits per heavy atom. The molecule has 0 aromatic rings. The molecule has 0 aromatic carbocycles. The summed E-state index contributed by atoms with van der Waals surface area (Å²) in [7, 11) is 1.34. The van der Waals surface area contributed by atoms with Crippen molar-refractivity contribution in [2.45, 2.75) is 26.4 Å². The van der Waals surface area contributed by atoms with Gasteiger partial charge in [-0.1, -0.05) is 13.2 Å². The first kappa shape index (κ1) is 19.2. The van der Waals surface area contributed by atoms with Crippen LogP contribution in [0.4, 0.5) is 0 Å². The molecule has 106 valence electrons. The SMILES string of the molecule is C=C(C#N)C(=O)O.C=C(CCOC(C)C)C(=O)OC. The van der Waals surface area contributed by atoms with E-state index in [0.29, 0.717) is 18.6 Å². The fourth-order valence-electron chi connectivity index (χ4n) is 0.712. The maximum atomic E-state index is 10.8. The maximum absolute atomic E-state index is 10.8. The second-order valence-electron chi connectivity index (χ2n) is 3.66. The van der Waals surface area contributed by atoms with Crippen molar-refractivity contribution in [2.24, 2.45) is 0 Å². The van der Waals surface area contributed by atoms with E-state index in [2.05, 4.69) is 17.9 Å². The van der Waals surface area contributed by atoms with Gasteiger partial charge >= 0.3 is 11.9 Å². The first-order chi connectivity index (χ1) is 8.76. The Kier molecular flexibility index (Phi) is 11.1. The summed E-state index contributed by atoms with van der Waals surface area (Å²) in [5.74, 6) is -1.62. The topological polar surface area (TPSA) is 96.6 Å². The molecule has 0 bridgehead atoms. The van der Waals surface area contributed by atoms with Gasteiger partial charge in [-0.15, -0.1) is 0 Å². The predicted molar refractivity (Wildman–Crippen MR) is 69.2 cm³/mol. The molecule has 0 radical (unpaired) electrons. The number of methoxy groups -OCH3 is 1. The summed E-state index contributed by atoms with van der Waals surface area (Å²) >= 11 is 0. The normalized spacial score (nSPS) is 8.79. The Morgan fingerprint density at radius 1 is 1.37 bits per heavy atom. The summed E-state index contributed by atoms with van der Waals surface area (Å²) in [6.45, 7) is 10.9. The van der Waals surface area contributed by atoms with Crippen LogP contribution in [0.5, 0.6) is 0 Å². The van der Waals surface area contributed by atoms with E-state index in [1.54, 1.807) is 0 Å². The predicted octanol–water partition coefficient (Wildman–Crippen LogP) is 1.68. The molecule has 6 nitrogen and oxygen atoms in total. The molecule has 0 rings (SSSR count). The van der Waals surface area contributed by atoms with Crippen LogP contribution < -0.4 is 0 Å². The number of carboxylic acids is 1. The van der Waals surface area contributed by atoms with Crippen LogP contribution >= 0.6 is 0 Å². The van der Waals surface area contributed by atoms with Gasteiger partial charge in [0.05, 0.1) is 19.8 Å². The summed E-state index contributed by atoms with van der Waals surface area (Å²) in [5.41, 5.74) is 0.0261. The van der Waals surface area contributed by atoms with Gasteiger partial charge in [0.25, 0.3) is 0 Å². The summed E-state index contributed by atoms with van der Waals surface area (Å²) < 4.78 is 9.71. The second-order valence-corrected chi connectivity index (χ2v) is 3.66. The Labute approximate surface area is 112 Å². The summed E-state index contributed by atoms with van der Waals surface area (Å²) in [5, 5.41) is 15.6. The van der Waals surface area contributed by atoms with E-state index in [4.69, 9.17) is 15.1 Å². The first-order valence-corrected chi connectivity index (χ1v) is 5.46.